The number of benzene rings is 3. The van der Waals surface area contributed by atoms with Gasteiger partial charge in [-0.15, -0.1) is 0 Å². The summed E-state index contributed by atoms with van der Waals surface area (Å²) in [5.41, 5.74) is 1.05. The van der Waals surface area contributed by atoms with Gasteiger partial charge in [0.15, 0.2) is 0 Å². The second-order valence-corrected chi connectivity index (χ2v) is 13.0. The lowest BCUT2D eigenvalue weighted by molar-refractivity contribution is -0.137. The molecule has 1 fully saturated rings. The summed E-state index contributed by atoms with van der Waals surface area (Å²) in [5.74, 6) is -3.48. The first-order valence-electron chi connectivity index (χ1n) is 14.7. The average molecular weight is 667 g/mol. The molecule has 238 valence electrons. The maximum Gasteiger partial charge on any atom is 0.416 e. The number of hydrogen-bond acceptors (Lipinski definition) is 7. The molecule has 0 spiro atoms. The van der Waals surface area contributed by atoms with Crippen LogP contribution in [-0.4, -0.2) is 40.6 Å². The fourth-order valence-corrected chi connectivity index (χ4v) is 8.81. The van der Waals surface area contributed by atoms with Gasteiger partial charge >= 0.3 is 11.0 Å². The molecule has 3 amide bonds. The van der Waals surface area contributed by atoms with Crippen molar-refractivity contribution in [3.63, 3.8) is 0 Å². The summed E-state index contributed by atoms with van der Waals surface area (Å²) in [6.45, 7) is 5.30. The maximum atomic E-state index is 14.1. The van der Waals surface area contributed by atoms with Gasteiger partial charge < -0.3 is 10.2 Å². The summed E-state index contributed by atoms with van der Waals surface area (Å²) in [5, 5.41) is 2.13. The monoisotopic (exact) mass is 666 g/mol. The number of hydrogen-bond donors (Lipinski definition) is 1. The Hall–Kier alpha value is -4.36. The van der Waals surface area contributed by atoms with Crippen molar-refractivity contribution in [1.82, 2.24) is 4.57 Å². The van der Waals surface area contributed by atoms with E-state index in [0.29, 0.717) is 21.2 Å². The van der Waals surface area contributed by atoms with Crippen LogP contribution in [0, 0.1) is 5.92 Å². The average Bonchev–Trinajstić information content (AvgIpc) is 3.48. The molecule has 3 aromatic carbocycles. The number of para-hydroxylation sites is 1. The number of alkyl halides is 3. The molecule has 1 saturated heterocycles. The minimum atomic E-state index is -4.67. The van der Waals surface area contributed by atoms with Gasteiger partial charge in [0.05, 0.1) is 22.2 Å². The van der Waals surface area contributed by atoms with Crippen LogP contribution >= 0.6 is 23.1 Å². The molecule has 13 heteroatoms. The lowest BCUT2D eigenvalue weighted by Crippen LogP contribution is -2.33. The Bertz CT molecular complexity index is 1850. The van der Waals surface area contributed by atoms with Crippen molar-refractivity contribution >= 4 is 57.9 Å². The first-order valence-corrected chi connectivity index (χ1v) is 16.4. The molecule has 0 radical (unpaired) electrons. The van der Waals surface area contributed by atoms with Crippen molar-refractivity contribution in [2.75, 3.05) is 28.2 Å². The van der Waals surface area contributed by atoms with Gasteiger partial charge in [0.25, 0.3) is 0 Å². The van der Waals surface area contributed by atoms with Crippen molar-refractivity contribution in [3.05, 3.63) is 105 Å². The summed E-state index contributed by atoms with van der Waals surface area (Å²) in [7, 11) is 0. The van der Waals surface area contributed by atoms with Crippen molar-refractivity contribution in [2.45, 2.75) is 42.8 Å². The highest BCUT2D eigenvalue weighted by atomic mass is 32.2. The van der Waals surface area contributed by atoms with Crippen LogP contribution in [0.15, 0.2) is 88.7 Å². The van der Waals surface area contributed by atoms with Crippen molar-refractivity contribution in [2.24, 2.45) is 5.92 Å². The third-order valence-electron chi connectivity index (χ3n) is 8.22. The SMILES string of the molecule is CCN(CC)c1ccc([C@H]2c3sc(=O)n(CC(=O)Nc4ccccc4)c3SC3C(=O)N(c4cccc(C(F)(F)F)c4)C(=O)C32)cc1. The van der Waals surface area contributed by atoms with Gasteiger partial charge in [-0.3, -0.25) is 23.7 Å². The third-order valence-corrected chi connectivity index (χ3v) is 10.8. The molecular formula is C33H29F3N4O4S2. The number of fused-ring (bicyclic) bond motifs is 2. The molecule has 1 N–H and O–H groups in total. The number of halogens is 3. The molecule has 46 heavy (non-hydrogen) atoms. The van der Waals surface area contributed by atoms with E-state index in [1.807, 2.05) is 38.1 Å². The standard InChI is InChI=1S/C33H29F3N4O4S2/c1-3-38(4-2)22-15-13-19(14-16-22)25-26-27(30(43)40(29(26)42)23-12-8-9-20(17-23)33(34,35)36)45-31-28(25)46-32(44)39(31)18-24(41)37-21-10-6-5-7-11-21/h5-17,25-27H,3-4,18H2,1-2H3,(H,37,41)/t25-,26?,27?/m1/s1. The van der Waals surface area contributed by atoms with Gasteiger partial charge in [0, 0.05) is 35.3 Å². The second-order valence-electron chi connectivity index (χ2n) is 10.9. The number of thiazole rings is 1. The Kier molecular flexibility index (Phi) is 8.55. The number of nitrogens with one attached hydrogen (secondary N) is 1. The quantitative estimate of drug-likeness (QED) is 0.225. The molecule has 3 heterocycles. The van der Waals surface area contributed by atoms with Crippen LogP contribution in [0.4, 0.5) is 30.2 Å². The number of aromatic nitrogens is 1. The summed E-state index contributed by atoms with van der Waals surface area (Å²) in [6.07, 6.45) is -4.67. The molecule has 1 aromatic heterocycles. The van der Waals surface area contributed by atoms with E-state index in [4.69, 9.17) is 0 Å². The van der Waals surface area contributed by atoms with Crippen LogP contribution in [-0.2, 0) is 27.1 Å². The Balaban J connectivity index is 1.42. The van der Waals surface area contributed by atoms with Crippen molar-refractivity contribution < 1.29 is 27.6 Å². The van der Waals surface area contributed by atoms with Gasteiger partial charge in [-0.05, 0) is 61.9 Å². The zero-order valence-electron chi connectivity index (χ0n) is 24.8. The van der Waals surface area contributed by atoms with Gasteiger partial charge in [-0.2, -0.15) is 13.2 Å². The fourth-order valence-electron chi connectivity index (χ4n) is 6.04. The molecule has 0 bridgehead atoms. The van der Waals surface area contributed by atoms with Crippen LogP contribution in [0.25, 0.3) is 0 Å². The Morgan fingerprint density at radius 1 is 0.913 bits per heavy atom. The smallest absolute Gasteiger partial charge is 0.372 e. The van der Waals surface area contributed by atoms with E-state index in [2.05, 4.69) is 10.2 Å². The normalized spacial score (nSPS) is 19.2. The first kappa shape index (κ1) is 31.6. The summed E-state index contributed by atoms with van der Waals surface area (Å²) in [4.78, 5) is 57.5. The van der Waals surface area contributed by atoms with E-state index in [9.17, 15) is 32.3 Å². The van der Waals surface area contributed by atoms with Crippen molar-refractivity contribution in [3.8, 4) is 0 Å². The van der Waals surface area contributed by atoms with Crippen LogP contribution in [0.5, 0.6) is 0 Å². The predicted molar refractivity (Wildman–Crippen MR) is 173 cm³/mol. The molecular weight excluding hydrogens is 638 g/mol. The van der Waals surface area contributed by atoms with E-state index < -0.39 is 51.4 Å². The molecule has 3 atom stereocenters. The number of rotatable bonds is 8. The van der Waals surface area contributed by atoms with Gasteiger partial charge in [0.1, 0.15) is 11.8 Å². The number of thioether (sulfide) groups is 1. The van der Waals surface area contributed by atoms with E-state index in [-0.39, 0.29) is 12.2 Å². The third kappa shape index (κ3) is 5.73. The summed E-state index contributed by atoms with van der Waals surface area (Å²) in [6, 6.07) is 20.5. The summed E-state index contributed by atoms with van der Waals surface area (Å²) < 4.78 is 42.0. The second kappa shape index (κ2) is 12.4. The van der Waals surface area contributed by atoms with Gasteiger partial charge in [-0.1, -0.05) is 59.5 Å². The molecule has 0 aliphatic carbocycles. The number of amides is 3. The fraction of sp³-hybridized carbons (Fsp3) is 0.273. The zero-order chi connectivity index (χ0) is 32.7. The lowest BCUT2D eigenvalue weighted by Gasteiger charge is -2.31. The topological polar surface area (TPSA) is 91.7 Å². The van der Waals surface area contributed by atoms with Crippen LogP contribution in [0.1, 0.15) is 35.8 Å². The summed E-state index contributed by atoms with van der Waals surface area (Å²) >= 11 is 1.92. The molecule has 2 unspecified atom stereocenters. The predicted octanol–water partition coefficient (Wildman–Crippen LogP) is 6.21. The largest absolute Gasteiger partial charge is 0.416 e. The molecule has 4 aromatic rings. The molecule has 2 aliphatic heterocycles. The number of carbonyl (C=O) groups excluding carboxylic acids is 3. The Morgan fingerprint density at radius 2 is 1.61 bits per heavy atom. The molecule has 8 nitrogen and oxygen atoms in total. The van der Waals surface area contributed by atoms with E-state index in [1.165, 1.54) is 10.6 Å². The lowest BCUT2D eigenvalue weighted by atomic mass is 9.83. The molecule has 6 rings (SSSR count). The highest BCUT2D eigenvalue weighted by molar-refractivity contribution is 8.00. The Morgan fingerprint density at radius 3 is 2.26 bits per heavy atom. The first-order chi connectivity index (χ1) is 22.0. The number of carbonyl (C=O) groups is 3. The van der Waals surface area contributed by atoms with Crippen LogP contribution < -0.4 is 20.0 Å². The van der Waals surface area contributed by atoms with E-state index >= 15 is 0 Å². The number of imide groups is 1. The molecule has 0 saturated carbocycles. The minimum Gasteiger partial charge on any atom is -0.372 e. The maximum absolute atomic E-state index is 14.1. The number of nitrogens with zero attached hydrogens (tertiary/aromatic N) is 3. The molecule has 2 aliphatic rings. The van der Waals surface area contributed by atoms with Crippen molar-refractivity contribution in [1.29, 1.82) is 0 Å². The highest BCUT2D eigenvalue weighted by Gasteiger charge is 2.57. The Labute approximate surface area is 270 Å². The number of anilines is 3. The van der Waals surface area contributed by atoms with Gasteiger partial charge in [0.2, 0.25) is 17.7 Å². The van der Waals surface area contributed by atoms with E-state index in [1.54, 1.807) is 30.3 Å². The van der Waals surface area contributed by atoms with Gasteiger partial charge in [-0.25, -0.2) is 4.90 Å². The highest BCUT2D eigenvalue weighted by Crippen LogP contribution is 2.54. The van der Waals surface area contributed by atoms with Crippen LogP contribution in [0.2, 0.25) is 0 Å². The van der Waals surface area contributed by atoms with Crippen LogP contribution in [0.3, 0.4) is 0 Å². The minimum absolute atomic E-state index is 0.168. The van der Waals surface area contributed by atoms with E-state index in [0.717, 1.165) is 65.0 Å². The zero-order valence-corrected chi connectivity index (χ0v) is 26.4.